The Balaban J connectivity index is 1.53. The van der Waals surface area contributed by atoms with Crippen molar-refractivity contribution in [3.63, 3.8) is 0 Å². The molecule has 2 fully saturated rings. The number of carbonyl (C=O) groups excluding carboxylic acids is 1. The van der Waals surface area contributed by atoms with Gasteiger partial charge in [-0.05, 0) is 74.3 Å². The summed E-state index contributed by atoms with van der Waals surface area (Å²) in [6.07, 6.45) is 3.61. The zero-order valence-corrected chi connectivity index (χ0v) is 24.0. The summed E-state index contributed by atoms with van der Waals surface area (Å²) < 4.78 is 39.8. The lowest BCUT2D eigenvalue weighted by Gasteiger charge is -2.31. The normalized spacial score (nSPS) is 22.9. The number of ether oxygens (including phenoxy) is 2. The van der Waals surface area contributed by atoms with Crippen molar-refractivity contribution >= 4 is 15.9 Å². The molecular formula is C30H42N2O6S. The van der Waals surface area contributed by atoms with Gasteiger partial charge in [-0.1, -0.05) is 44.2 Å². The molecule has 2 N–H and O–H groups in total. The van der Waals surface area contributed by atoms with Gasteiger partial charge in [0.15, 0.2) is 0 Å². The molecule has 2 aliphatic rings. The van der Waals surface area contributed by atoms with Gasteiger partial charge < -0.3 is 19.9 Å². The number of nitrogens with zero attached hydrogens (tertiary/aromatic N) is 1. The van der Waals surface area contributed by atoms with Crippen LogP contribution in [0.2, 0.25) is 0 Å². The summed E-state index contributed by atoms with van der Waals surface area (Å²) in [6.45, 7) is 4.72. The Kier molecular flexibility index (Phi) is 9.69. The Labute approximate surface area is 232 Å². The summed E-state index contributed by atoms with van der Waals surface area (Å²) in [7, 11) is -2.37. The number of methoxy groups -OCH3 is 1. The summed E-state index contributed by atoms with van der Waals surface area (Å²) >= 11 is 0. The molecule has 1 aliphatic heterocycles. The smallest absolute Gasteiger partial charge is 0.243 e. The number of aliphatic hydroxyl groups excluding tert-OH is 1. The highest BCUT2D eigenvalue weighted by Crippen LogP contribution is 2.44. The van der Waals surface area contributed by atoms with Crippen LogP contribution in [-0.2, 0) is 26.0 Å². The fourth-order valence-electron chi connectivity index (χ4n) is 5.79. The molecule has 0 bridgehead atoms. The van der Waals surface area contributed by atoms with Crippen LogP contribution >= 0.6 is 0 Å². The molecule has 4 atom stereocenters. The minimum atomic E-state index is -3.89. The summed E-state index contributed by atoms with van der Waals surface area (Å²) in [4.78, 5) is 13.5. The number of hydrogen-bond acceptors (Lipinski definition) is 6. The second-order valence-corrected chi connectivity index (χ2v) is 13.3. The average molecular weight is 559 g/mol. The van der Waals surface area contributed by atoms with Crippen LogP contribution in [0.25, 0.3) is 0 Å². The zero-order chi connectivity index (χ0) is 28.0. The van der Waals surface area contributed by atoms with Crippen molar-refractivity contribution in [3.8, 4) is 5.75 Å². The van der Waals surface area contributed by atoms with E-state index < -0.39 is 22.2 Å². The molecule has 4 unspecified atom stereocenters. The topological polar surface area (TPSA) is 105 Å². The van der Waals surface area contributed by atoms with Crippen LogP contribution < -0.4 is 10.1 Å². The van der Waals surface area contributed by atoms with Crippen molar-refractivity contribution in [2.24, 2.45) is 11.8 Å². The predicted octanol–water partition coefficient (Wildman–Crippen LogP) is 3.78. The van der Waals surface area contributed by atoms with E-state index in [0.29, 0.717) is 18.6 Å². The lowest BCUT2D eigenvalue weighted by atomic mass is 9.95. The van der Waals surface area contributed by atoms with E-state index in [1.807, 2.05) is 44.2 Å². The molecule has 9 heteroatoms. The molecule has 214 valence electrons. The highest BCUT2D eigenvalue weighted by molar-refractivity contribution is 7.89. The van der Waals surface area contributed by atoms with Gasteiger partial charge in [-0.2, -0.15) is 4.31 Å². The largest absolute Gasteiger partial charge is 0.497 e. The van der Waals surface area contributed by atoms with E-state index in [0.717, 1.165) is 37.9 Å². The molecule has 1 aliphatic carbocycles. The van der Waals surface area contributed by atoms with Crippen LogP contribution in [0.3, 0.4) is 0 Å². The van der Waals surface area contributed by atoms with Gasteiger partial charge in [0.2, 0.25) is 15.9 Å². The second-order valence-electron chi connectivity index (χ2n) is 11.3. The number of sulfonamides is 1. The lowest BCUT2D eigenvalue weighted by Crippen LogP contribution is -2.52. The van der Waals surface area contributed by atoms with E-state index in [4.69, 9.17) is 9.47 Å². The van der Waals surface area contributed by atoms with E-state index in [9.17, 15) is 18.3 Å². The summed E-state index contributed by atoms with van der Waals surface area (Å²) in [5, 5.41) is 14.6. The fraction of sp³-hybridized carbons (Fsp3) is 0.567. The van der Waals surface area contributed by atoms with Gasteiger partial charge in [-0.25, -0.2) is 8.42 Å². The second kappa shape index (κ2) is 12.8. The first-order valence-corrected chi connectivity index (χ1v) is 15.4. The van der Waals surface area contributed by atoms with Gasteiger partial charge in [0.25, 0.3) is 0 Å². The molecule has 39 heavy (non-hydrogen) atoms. The lowest BCUT2D eigenvalue weighted by molar-refractivity contribution is -0.127. The van der Waals surface area contributed by atoms with Crippen molar-refractivity contribution in [1.82, 2.24) is 9.62 Å². The predicted molar refractivity (Wildman–Crippen MR) is 150 cm³/mol. The van der Waals surface area contributed by atoms with Crippen molar-refractivity contribution < 1.29 is 27.8 Å². The molecule has 1 saturated carbocycles. The Bertz CT molecular complexity index is 1180. The maximum absolute atomic E-state index is 13.6. The van der Waals surface area contributed by atoms with Gasteiger partial charge in [0, 0.05) is 25.6 Å². The summed E-state index contributed by atoms with van der Waals surface area (Å²) in [5.74, 6) is 0.319. The number of nitrogens with one attached hydrogen (secondary N) is 1. The molecule has 1 spiro atoms. The van der Waals surface area contributed by atoms with Crippen molar-refractivity contribution in [2.45, 2.75) is 75.0 Å². The van der Waals surface area contributed by atoms with Gasteiger partial charge in [0.1, 0.15) is 5.75 Å². The van der Waals surface area contributed by atoms with Crippen LogP contribution in [0, 0.1) is 11.8 Å². The minimum absolute atomic E-state index is 0.0356. The molecule has 2 aromatic rings. The molecule has 0 aromatic heterocycles. The number of benzene rings is 2. The highest BCUT2D eigenvalue weighted by atomic mass is 32.2. The molecule has 8 nitrogen and oxygen atoms in total. The average Bonchev–Trinajstić information content (AvgIpc) is 3.57. The summed E-state index contributed by atoms with van der Waals surface area (Å²) in [5.41, 5.74) is 0.771. The van der Waals surface area contributed by atoms with Crippen molar-refractivity contribution in [2.75, 3.05) is 26.8 Å². The van der Waals surface area contributed by atoms with Crippen LogP contribution in [0.4, 0.5) is 0 Å². The molecule has 1 heterocycles. The first-order chi connectivity index (χ1) is 18.6. The van der Waals surface area contributed by atoms with Crippen molar-refractivity contribution in [1.29, 1.82) is 0 Å². The number of amides is 1. The van der Waals surface area contributed by atoms with Gasteiger partial charge >= 0.3 is 0 Å². The number of aliphatic hydroxyl groups is 1. The van der Waals surface area contributed by atoms with Gasteiger partial charge in [-0.15, -0.1) is 0 Å². The standard InChI is InChI=1S/C30H42N2O6S/c1-22(2)20-32(39(35,36)26-12-10-25(37-3)11-13-26)21-28(33)27(18-23-8-5-4-6-9-23)31-29(34)24-14-16-30(19-24)15-7-17-38-30/h4-6,8-13,22,24,27-28,33H,7,14-21H2,1-3H3,(H,31,34). The van der Waals surface area contributed by atoms with Gasteiger partial charge in [0.05, 0.1) is 29.8 Å². The molecule has 1 amide bonds. The SMILES string of the molecule is COc1ccc(S(=O)(=O)N(CC(C)C)CC(O)C(Cc2ccccc2)NC(=O)C2CCC3(CCCO3)C2)cc1. The van der Waals surface area contributed by atoms with Gasteiger partial charge in [-0.3, -0.25) is 4.79 Å². The molecule has 2 aromatic carbocycles. The Morgan fingerprint density at radius 3 is 2.46 bits per heavy atom. The Hall–Kier alpha value is -2.46. The first kappa shape index (κ1) is 29.5. The van der Waals surface area contributed by atoms with Crippen LogP contribution in [-0.4, -0.2) is 68.3 Å². The number of rotatable bonds is 12. The van der Waals surface area contributed by atoms with E-state index >= 15 is 0 Å². The van der Waals surface area contributed by atoms with Crippen LogP contribution in [0.5, 0.6) is 5.75 Å². The van der Waals surface area contributed by atoms with E-state index in [2.05, 4.69) is 5.32 Å². The summed E-state index contributed by atoms with van der Waals surface area (Å²) in [6, 6.07) is 15.2. The van der Waals surface area contributed by atoms with E-state index in [-0.39, 0.29) is 41.3 Å². The zero-order valence-electron chi connectivity index (χ0n) is 23.2. The third-order valence-electron chi connectivity index (χ3n) is 7.87. The molecule has 1 saturated heterocycles. The van der Waals surface area contributed by atoms with Crippen molar-refractivity contribution in [3.05, 3.63) is 60.2 Å². The monoisotopic (exact) mass is 558 g/mol. The van der Waals surface area contributed by atoms with E-state index in [1.54, 1.807) is 12.1 Å². The third kappa shape index (κ3) is 7.39. The first-order valence-electron chi connectivity index (χ1n) is 13.9. The number of hydrogen-bond donors (Lipinski definition) is 2. The maximum Gasteiger partial charge on any atom is 0.243 e. The Morgan fingerprint density at radius 2 is 1.85 bits per heavy atom. The minimum Gasteiger partial charge on any atom is -0.497 e. The molecule has 0 radical (unpaired) electrons. The molecular weight excluding hydrogens is 516 g/mol. The fourth-order valence-corrected chi connectivity index (χ4v) is 7.41. The van der Waals surface area contributed by atoms with Crippen LogP contribution in [0.1, 0.15) is 51.5 Å². The quantitative estimate of drug-likeness (QED) is 0.411. The number of carbonyl (C=O) groups is 1. The van der Waals surface area contributed by atoms with E-state index in [1.165, 1.54) is 23.5 Å². The highest BCUT2D eigenvalue weighted by Gasteiger charge is 2.45. The molecule has 4 rings (SSSR count). The third-order valence-corrected chi connectivity index (χ3v) is 9.72. The Morgan fingerprint density at radius 1 is 1.13 bits per heavy atom. The maximum atomic E-state index is 13.6. The van der Waals surface area contributed by atoms with Crippen LogP contribution in [0.15, 0.2) is 59.5 Å².